The first-order valence-electron chi connectivity index (χ1n) is 6.88. The summed E-state index contributed by atoms with van der Waals surface area (Å²) in [6.45, 7) is 8.70. The second-order valence-corrected chi connectivity index (χ2v) is 4.85. The highest BCUT2D eigenvalue weighted by Gasteiger charge is 2.11. The Kier molecular flexibility index (Phi) is 6.27. The molecule has 3 nitrogen and oxygen atoms in total. The summed E-state index contributed by atoms with van der Waals surface area (Å²) < 4.78 is 2.38. The van der Waals surface area contributed by atoms with Gasteiger partial charge in [-0.2, -0.15) is 0 Å². The maximum atomic E-state index is 4.43. The highest BCUT2D eigenvalue weighted by atomic mass is 15.1. The Balaban J connectivity index is 2.66. The van der Waals surface area contributed by atoms with Crippen molar-refractivity contribution < 1.29 is 0 Å². The maximum Gasteiger partial charge on any atom is 0.105 e. The number of aryl methyl sites for hydroxylation is 1. The zero-order valence-corrected chi connectivity index (χ0v) is 11.8. The number of rotatable bonds is 8. The third-order valence-electron chi connectivity index (χ3n) is 3.48. The molecule has 98 valence electrons. The van der Waals surface area contributed by atoms with Gasteiger partial charge in [0.05, 0.1) is 5.69 Å². The van der Waals surface area contributed by atoms with E-state index in [9.17, 15) is 0 Å². The topological polar surface area (TPSA) is 29.9 Å². The van der Waals surface area contributed by atoms with Crippen molar-refractivity contribution in [2.75, 3.05) is 7.05 Å². The standard InChI is InChI=1S/C14H27N3/c1-5-7-8-13(6-2)11-17-12(3)16-10-14(17)9-15-4/h10,13,15H,5-9,11H2,1-4H3. The molecule has 0 radical (unpaired) electrons. The van der Waals surface area contributed by atoms with Gasteiger partial charge in [0.15, 0.2) is 0 Å². The van der Waals surface area contributed by atoms with Crippen LogP contribution in [0, 0.1) is 12.8 Å². The molecule has 1 aromatic rings. The smallest absolute Gasteiger partial charge is 0.105 e. The Morgan fingerprint density at radius 3 is 2.76 bits per heavy atom. The van der Waals surface area contributed by atoms with Crippen LogP contribution in [0.4, 0.5) is 0 Å². The normalized spacial score (nSPS) is 12.9. The van der Waals surface area contributed by atoms with Gasteiger partial charge in [-0.1, -0.05) is 33.1 Å². The van der Waals surface area contributed by atoms with E-state index in [1.165, 1.54) is 31.4 Å². The van der Waals surface area contributed by atoms with Crippen LogP contribution in [0.3, 0.4) is 0 Å². The summed E-state index contributed by atoms with van der Waals surface area (Å²) in [6, 6.07) is 0. The third kappa shape index (κ3) is 4.15. The first-order chi connectivity index (χ1) is 8.22. The van der Waals surface area contributed by atoms with Gasteiger partial charge in [-0.15, -0.1) is 0 Å². The average Bonchev–Trinajstić information content (AvgIpc) is 2.67. The molecule has 1 heterocycles. The van der Waals surface area contributed by atoms with Crippen molar-refractivity contribution in [3.05, 3.63) is 17.7 Å². The highest BCUT2D eigenvalue weighted by Crippen LogP contribution is 2.17. The first-order valence-corrected chi connectivity index (χ1v) is 6.88. The third-order valence-corrected chi connectivity index (χ3v) is 3.48. The molecule has 0 bridgehead atoms. The Labute approximate surface area is 106 Å². The Morgan fingerprint density at radius 2 is 2.18 bits per heavy atom. The van der Waals surface area contributed by atoms with E-state index in [0.717, 1.165) is 24.8 Å². The Hall–Kier alpha value is -0.830. The monoisotopic (exact) mass is 237 g/mol. The summed E-state index contributed by atoms with van der Waals surface area (Å²) >= 11 is 0. The van der Waals surface area contributed by atoms with Crippen LogP contribution >= 0.6 is 0 Å². The molecule has 0 amide bonds. The van der Waals surface area contributed by atoms with E-state index >= 15 is 0 Å². The number of nitrogens with zero attached hydrogens (tertiary/aromatic N) is 2. The average molecular weight is 237 g/mol. The number of unbranched alkanes of at least 4 members (excludes halogenated alkanes) is 1. The Bertz CT molecular complexity index is 317. The van der Waals surface area contributed by atoms with Crippen molar-refractivity contribution in [3.8, 4) is 0 Å². The lowest BCUT2D eigenvalue weighted by Gasteiger charge is -2.18. The van der Waals surface area contributed by atoms with E-state index in [0.29, 0.717) is 0 Å². The van der Waals surface area contributed by atoms with Crippen LogP contribution in [0.15, 0.2) is 6.20 Å². The zero-order chi connectivity index (χ0) is 12.7. The molecule has 0 saturated carbocycles. The van der Waals surface area contributed by atoms with Crippen LogP contribution in [0.5, 0.6) is 0 Å². The number of aromatic nitrogens is 2. The quantitative estimate of drug-likeness (QED) is 0.753. The van der Waals surface area contributed by atoms with Crippen LogP contribution in [0.25, 0.3) is 0 Å². The van der Waals surface area contributed by atoms with E-state index in [1.807, 2.05) is 13.2 Å². The first kappa shape index (κ1) is 14.2. The maximum absolute atomic E-state index is 4.43. The fourth-order valence-electron chi connectivity index (χ4n) is 2.26. The minimum Gasteiger partial charge on any atom is -0.331 e. The molecule has 1 N–H and O–H groups in total. The zero-order valence-electron chi connectivity index (χ0n) is 11.8. The van der Waals surface area contributed by atoms with Crippen molar-refractivity contribution in [1.82, 2.24) is 14.9 Å². The lowest BCUT2D eigenvalue weighted by Crippen LogP contribution is -2.17. The second-order valence-electron chi connectivity index (χ2n) is 4.85. The molecule has 0 aliphatic rings. The minimum atomic E-state index is 0.790. The van der Waals surface area contributed by atoms with Crippen LogP contribution in [-0.2, 0) is 13.1 Å². The molecule has 0 fully saturated rings. The fourth-order valence-corrected chi connectivity index (χ4v) is 2.26. The molecule has 0 spiro atoms. The number of imidazole rings is 1. The lowest BCUT2D eigenvalue weighted by atomic mass is 9.99. The summed E-state index contributed by atoms with van der Waals surface area (Å²) in [5, 5.41) is 3.21. The van der Waals surface area contributed by atoms with Crippen LogP contribution in [0.1, 0.15) is 51.0 Å². The van der Waals surface area contributed by atoms with Gasteiger partial charge in [-0.05, 0) is 26.3 Å². The molecule has 17 heavy (non-hydrogen) atoms. The molecule has 0 aliphatic carbocycles. The molecule has 0 aliphatic heterocycles. The van der Waals surface area contributed by atoms with E-state index in [-0.39, 0.29) is 0 Å². The predicted molar refractivity (Wildman–Crippen MR) is 73.0 cm³/mol. The highest BCUT2D eigenvalue weighted by molar-refractivity contribution is 5.04. The summed E-state index contributed by atoms with van der Waals surface area (Å²) in [5.41, 5.74) is 1.31. The van der Waals surface area contributed by atoms with Gasteiger partial charge in [0.25, 0.3) is 0 Å². The van der Waals surface area contributed by atoms with Crippen LogP contribution < -0.4 is 5.32 Å². The molecule has 1 aromatic heterocycles. The van der Waals surface area contributed by atoms with Crippen LogP contribution in [0.2, 0.25) is 0 Å². The summed E-state index contributed by atoms with van der Waals surface area (Å²) in [4.78, 5) is 4.43. The van der Waals surface area contributed by atoms with E-state index in [4.69, 9.17) is 0 Å². The number of nitrogens with one attached hydrogen (secondary N) is 1. The number of hydrogen-bond donors (Lipinski definition) is 1. The van der Waals surface area contributed by atoms with Gasteiger partial charge < -0.3 is 9.88 Å². The molecular weight excluding hydrogens is 210 g/mol. The van der Waals surface area contributed by atoms with Crippen molar-refractivity contribution in [2.24, 2.45) is 5.92 Å². The van der Waals surface area contributed by atoms with Gasteiger partial charge >= 0.3 is 0 Å². The SMILES string of the molecule is CCCCC(CC)Cn1c(CNC)cnc1C. The fraction of sp³-hybridized carbons (Fsp3) is 0.786. The van der Waals surface area contributed by atoms with Crippen molar-refractivity contribution >= 4 is 0 Å². The Morgan fingerprint density at radius 1 is 1.41 bits per heavy atom. The van der Waals surface area contributed by atoms with Gasteiger partial charge in [-0.25, -0.2) is 4.98 Å². The molecule has 1 atom stereocenters. The largest absolute Gasteiger partial charge is 0.331 e. The summed E-state index contributed by atoms with van der Waals surface area (Å²) in [7, 11) is 1.99. The van der Waals surface area contributed by atoms with Crippen molar-refractivity contribution in [1.29, 1.82) is 0 Å². The summed E-state index contributed by atoms with van der Waals surface area (Å²) in [6.07, 6.45) is 7.23. The van der Waals surface area contributed by atoms with E-state index in [2.05, 4.69) is 35.6 Å². The number of hydrogen-bond acceptors (Lipinski definition) is 2. The molecule has 0 aromatic carbocycles. The van der Waals surface area contributed by atoms with Gasteiger partial charge in [0.1, 0.15) is 5.82 Å². The minimum absolute atomic E-state index is 0.790. The second kappa shape index (κ2) is 7.49. The molecule has 1 rings (SSSR count). The predicted octanol–water partition coefficient (Wildman–Crippen LogP) is 3.13. The van der Waals surface area contributed by atoms with E-state index < -0.39 is 0 Å². The molecule has 0 saturated heterocycles. The summed E-state index contributed by atoms with van der Waals surface area (Å²) in [5.74, 6) is 1.93. The van der Waals surface area contributed by atoms with E-state index in [1.54, 1.807) is 0 Å². The lowest BCUT2D eigenvalue weighted by molar-refractivity contribution is 0.380. The van der Waals surface area contributed by atoms with Crippen molar-refractivity contribution in [3.63, 3.8) is 0 Å². The molecule has 1 unspecified atom stereocenters. The molecular formula is C14H27N3. The van der Waals surface area contributed by atoms with Gasteiger partial charge in [0, 0.05) is 19.3 Å². The molecule has 3 heteroatoms. The van der Waals surface area contributed by atoms with Crippen molar-refractivity contribution in [2.45, 2.75) is 59.5 Å². The van der Waals surface area contributed by atoms with Crippen LogP contribution in [-0.4, -0.2) is 16.6 Å². The van der Waals surface area contributed by atoms with Gasteiger partial charge in [0.2, 0.25) is 0 Å². The van der Waals surface area contributed by atoms with Gasteiger partial charge in [-0.3, -0.25) is 0 Å².